The summed E-state index contributed by atoms with van der Waals surface area (Å²) in [7, 11) is 0. The lowest BCUT2D eigenvalue weighted by molar-refractivity contribution is 0.114. The van der Waals surface area contributed by atoms with Crippen LogP contribution >= 0.6 is 0 Å². The van der Waals surface area contributed by atoms with Crippen LogP contribution in [0, 0.1) is 0 Å². The molecule has 0 bridgehead atoms. The van der Waals surface area contributed by atoms with Gasteiger partial charge >= 0.3 is 0 Å². The van der Waals surface area contributed by atoms with Gasteiger partial charge in [0.15, 0.2) is 0 Å². The second-order valence-electron chi connectivity index (χ2n) is 3.19. The third-order valence-corrected chi connectivity index (χ3v) is 0.968. The monoisotopic (exact) mass is 188 g/mol. The van der Waals surface area contributed by atoms with Gasteiger partial charge in [0, 0.05) is 0 Å². The largest absolute Gasteiger partial charge is 0.473 e. The fourth-order valence-electron chi connectivity index (χ4n) is 0.399. The average molecular weight is 188 g/mol. The van der Waals surface area contributed by atoms with E-state index >= 15 is 0 Å². The summed E-state index contributed by atoms with van der Waals surface area (Å²) in [6.45, 7) is 2.80. The second-order valence-corrected chi connectivity index (χ2v) is 3.19. The van der Waals surface area contributed by atoms with E-state index in [2.05, 4.69) is 0 Å². The zero-order chi connectivity index (χ0) is 10.5. The minimum absolute atomic E-state index is 1.20. The van der Waals surface area contributed by atoms with E-state index in [1.54, 1.807) is 0 Å². The van der Waals surface area contributed by atoms with Crippen LogP contribution in [0.1, 0.15) is 13.8 Å². The van der Waals surface area contributed by atoms with E-state index < -0.39 is 11.4 Å². The van der Waals surface area contributed by atoms with Crippen molar-refractivity contribution in [2.24, 2.45) is 11.5 Å². The van der Waals surface area contributed by atoms with Crippen LogP contribution in [0.25, 0.3) is 0 Å². The lowest BCUT2D eigenvalue weighted by atomic mass is 10.3. The standard InChI is InChI=1S/C8H16N2O3/c1-7(9,11)3-5-13-6-4-8(2,10)12/h3-6,11-12H,9-10H2,1-2H3. The maximum Gasteiger partial charge on any atom is 0.133 e. The van der Waals surface area contributed by atoms with E-state index in [4.69, 9.17) is 26.4 Å². The molecule has 0 spiro atoms. The van der Waals surface area contributed by atoms with Gasteiger partial charge in [-0.2, -0.15) is 0 Å². The van der Waals surface area contributed by atoms with Crippen molar-refractivity contribution < 1.29 is 14.9 Å². The molecule has 0 aromatic heterocycles. The van der Waals surface area contributed by atoms with E-state index in [1.807, 2.05) is 0 Å². The summed E-state index contributed by atoms with van der Waals surface area (Å²) >= 11 is 0. The van der Waals surface area contributed by atoms with Crippen molar-refractivity contribution in [3.8, 4) is 0 Å². The summed E-state index contributed by atoms with van der Waals surface area (Å²) in [6.07, 6.45) is 4.90. The van der Waals surface area contributed by atoms with Crippen LogP contribution in [0.4, 0.5) is 0 Å². The van der Waals surface area contributed by atoms with Gasteiger partial charge in [-0.3, -0.25) is 0 Å². The molecule has 0 radical (unpaired) electrons. The van der Waals surface area contributed by atoms with Gasteiger partial charge < -0.3 is 26.4 Å². The summed E-state index contributed by atoms with van der Waals surface area (Å²) in [6, 6.07) is 0. The van der Waals surface area contributed by atoms with E-state index in [9.17, 15) is 0 Å². The van der Waals surface area contributed by atoms with Crippen molar-refractivity contribution in [3.05, 3.63) is 24.7 Å². The summed E-state index contributed by atoms with van der Waals surface area (Å²) < 4.78 is 4.74. The summed E-state index contributed by atoms with van der Waals surface area (Å²) in [5.41, 5.74) is 7.58. The van der Waals surface area contributed by atoms with Crippen molar-refractivity contribution in [2.75, 3.05) is 0 Å². The zero-order valence-corrected chi connectivity index (χ0v) is 7.77. The average Bonchev–Trinajstić information content (AvgIpc) is 1.81. The summed E-state index contributed by atoms with van der Waals surface area (Å²) in [5, 5.41) is 18.0. The molecule has 0 aromatic rings. The molecule has 2 atom stereocenters. The van der Waals surface area contributed by atoms with E-state index in [0.717, 1.165) is 0 Å². The highest BCUT2D eigenvalue weighted by Gasteiger charge is 2.07. The Morgan fingerprint density at radius 1 is 1.00 bits per heavy atom. The van der Waals surface area contributed by atoms with Gasteiger partial charge in [0.2, 0.25) is 0 Å². The highest BCUT2D eigenvalue weighted by Crippen LogP contribution is 1.97. The Morgan fingerprint density at radius 2 is 1.31 bits per heavy atom. The van der Waals surface area contributed by atoms with Crippen LogP contribution in [0.3, 0.4) is 0 Å². The molecule has 0 fully saturated rings. The van der Waals surface area contributed by atoms with Gasteiger partial charge in [0.1, 0.15) is 11.4 Å². The molecule has 76 valence electrons. The minimum atomic E-state index is -1.40. The molecule has 13 heavy (non-hydrogen) atoms. The van der Waals surface area contributed by atoms with Crippen molar-refractivity contribution in [1.82, 2.24) is 0 Å². The maximum absolute atomic E-state index is 8.99. The van der Waals surface area contributed by atoms with Crippen LogP contribution in [-0.2, 0) is 4.74 Å². The van der Waals surface area contributed by atoms with E-state index in [1.165, 1.54) is 38.5 Å². The third-order valence-electron chi connectivity index (χ3n) is 0.968. The predicted octanol–water partition coefficient (Wildman–Crippen LogP) is -0.635. The van der Waals surface area contributed by atoms with Gasteiger partial charge in [-0.1, -0.05) is 0 Å². The highest BCUT2D eigenvalue weighted by molar-refractivity contribution is 4.94. The molecule has 0 heterocycles. The second kappa shape index (κ2) is 4.38. The quantitative estimate of drug-likeness (QED) is 0.347. The lowest BCUT2D eigenvalue weighted by Gasteiger charge is -2.10. The highest BCUT2D eigenvalue weighted by atomic mass is 16.5. The molecule has 0 rings (SSSR count). The van der Waals surface area contributed by atoms with Crippen molar-refractivity contribution in [1.29, 1.82) is 0 Å². The molecule has 5 nitrogen and oxygen atoms in total. The molecule has 0 saturated carbocycles. The topological polar surface area (TPSA) is 102 Å². The Hall–Kier alpha value is -0.880. The number of ether oxygens (including phenoxy) is 1. The van der Waals surface area contributed by atoms with E-state index in [-0.39, 0.29) is 0 Å². The molecule has 0 aliphatic rings. The molecule has 0 aromatic carbocycles. The van der Waals surface area contributed by atoms with Gasteiger partial charge in [-0.15, -0.1) is 0 Å². The molecule has 0 aliphatic carbocycles. The molecule has 0 saturated heterocycles. The fraction of sp³-hybridized carbons (Fsp3) is 0.500. The molecule has 0 amide bonds. The molecule has 0 aliphatic heterocycles. The fourth-order valence-corrected chi connectivity index (χ4v) is 0.399. The Kier molecular flexibility index (Phi) is 4.09. The Bertz CT molecular complexity index is 176. The number of hydrogen-bond acceptors (Lipinski definition) is 5. The minimum Gasteiger partial charge on any atom is -0.473 e. The Balaban J connectivity index is 3.81. The molecule has 6 N–H and O–H groups in total. The number of rotatable bonds is 4. The first-order chi connectivity index (χ1) is 5.71. The molecular weight excluding hydrogens is 172 g/mol. The van der Waals surface area contributed by atoms with Crippen molar-refractivity contribution >= 4 is 0 Å². The Labute approximate surface area is 77.3 Å². The SMILES string of the molecule is CC(N)(O)C=COC=CC(C)(N)O. The summed E-state index contributed by atoms with van der Waals surface area (Å²) in [5.74, 6) is 0. The van der Waals surface area contributed by atoms with E-state index in [0.29, 0.717) is 0 Å². The van der Waals surface area contributed by atoms with Gasteiger partial charge in [-0.05, 0) is 26.0 Å². The van der Waals surface area contributed by atoms with Gasteiger partial charge in [-0.25, -0.2) is 0 Å². The van der Waals surface area contributed by atoms with Crippen LogP contribution in [-0.4, -0.2) is 21.7 Å². The molecule has 2 unspecified atom stereocenters. The van der Waals surface area contributed by atoms with Crippen molar-refractivity contribution in [3.63, 3.8) is 0 Å². The number of hydrogen-bond donors (Lipinski definition) is 4. The predicted molar refractivity (Wildman–Crippen MR) is 49.0 cm³/mol. The van der Waals surface area contributed by atoms with Gasteiger partial charge in [0.05, 0.1) is 12.5 Å². The van der Waals surface area contributed by atoms with Crippen LogP contribution in [0.5, 0.6) is 0 Å². The summed E-state index contributed by atoms with van der Waals surface area (Å²) in [4.78, 5) is 0. The maximum atomic E-state index is 8.99. The number of nitrogens with two attached hydrogens (primary N) is 2. The zero-order valence-electron chi connectivity index (χ0n) is 7.77. The Morgan fingerprint density at radius 3 is 1.54 bits per heavy atom. The van der Waals surface area contributed by atoms with Gasteiger partial charge in [0.25, 0.3) is 0 Å². The van der Waals surface area contributed by atoms with Crippen LogP contribution in [0.15, 0.2) is 24.7 Å². The first-order valence-electron chi connectivity index (χ1n) is 3.74. The lowest BCUT2D eigenvalue weighted by Crippen LogP contribution is -2.32. The molecule has 5 heteroatoms. The van der Waals surface area contributed by atoms with Crippen LogP contribution in [0.2, 0.25) is 0 Å². The first kappa shape index (κ1) is 12.1. The molecular formula is C8H16N2O3. The first-order valence-corrected chi connectivity index (χ1v) is 3.74. The number of aliphatic hydroxyl groups is 2. The van der Waals surface area contributed by atoms with Crippen molar-refractivity contribution in [2.45, 2.75) is 25.3 Å². The normalized spacial score (nSPS) is 21.7. The smallest absolute Gasteiger partial charge is 0.133 e. The van der Waals surface area contributed by atoms with Crippen LogP contribution < -0.4 is 11.5 Å². The third kappa shape index (κ3) is 11.1.